The molecule has 4 nitrogen and oxygen atoms in total. The second-order valence-electron chi connectivity index (χ2n) is 6.11. The average molecular weight is 285 g/mol. The highest BCUT2D eigenvalue weighted by molar-refractivity contribution is 5.15. The third-order valence-electron chi connectivity index (χ3n) is 3.16. The topological polar surface area (TPSA) is 47.0 Å². The maximum atomic E-state index is 5.74. The summed E-state index contributed by atoms with van der Waals surface area (Å²) in [6.07, 6.45) is 1.72. The van der Waals surface area contributed by atoms with Crippen LogP contribution >= 0.6 is 0 Å². The summed E-state index contributed by atoms with van der Waals surface area (Å²) >= 11 is 0. The van der Waals surface area contributed by atoms with E-state index >= 15 is 0 Å². The Morgan fingerprint density at radius 2 is 1.95 bits per heavy atom. The van der Waals surface area contributed by atoms with E-state index in [2.05, 4.69) is 53.6 Å². The van der Waals surface area contributed by atoms with Gasteiger partial charge in [-0.15, -0.1) is 5.10 Å². The largest absolute Gasteiger partial charge is 0.476 e. The van der Waals surface area contributed by atoms with Gasteiger partial charge in [0, 0.05) is 24.6 Å². The van der Waals surface area contributed by atoms with E-state index in [1.54, 1.807) is 6.20 Å². The van der Waals surface area contributed by atoms with E-state index in [0.29, 0.717) is 12.5 Å². The first-order valence-corrected chi connectivity index (χ1v) is 7.22. The van der Waals surface area contributed by atoms with Gasteiger partial charge in [0.1, 0.15) is 0 Å². The number of aryl methyl sites for hydroxylation is 1. The standard InChI is InChI=1S/C17H23N3O/c1-14-9-16(20-19-10-14)21-13-17(2,3)12-18-11-15-7-5-4-6-8-15/h4-10,18H,11-13H2,1-3H3. The molecule has 0 saturated carbocycles. The van der Waals surface area contributed by atoms with Gasteiger partial charge in [0.2, 0.25) is 5.88 Å². The summed E-state index contributed by atoms with van der Waals surface area (Å²) < 4.78 is 5.74. The Labute approximate surface area is 126 Å². The SMILES string of the molecule is Cc1cnnc(OCC(C)(C)CNCc2ccccc2)c1. The molecule has 1 aromatic carbocycles. The maximum absolute atomic E-state index is 5.74. The minimum absolute atomic E-state index is 0.0280. The predicted octanol–water partition coefficient (Wildman–Crippen LogP) is 2.98. The second-order valence-corrected chi connectivity index (χ2v) is 6.11. The van der Waals surface area contributed by atoms with Gasteiger partial charge >= 0.3 is 0 Å². The molecular formula is C17H23N3O. The zero-order chi connectivity index (χ0) is 15.1. The second kappa shape index (κ2) is 7.18. The van der Waals surface area contributed by atoms with Crippen molar-refractivity contribution in [1.29, 1.82) is 0 Å². The average Bonchev–Trinajstić information content (AvgIpc) is 2.46. The molecule has 1 heterocycles. The van der Waals surface area contributed by atoms with E-state index < -0.39 is 0 Å². The molecule has 2 rings (SSSR count). The van der Waals surface area contributed by atoms with Crippen LogP contribution in [0.1, 0.15) is 25.0 Å². The van der Waals surface area contributed by atoms with Crippen molar-refractivity contribution < 1.29 is 4.74 Å². The minimum Gasteiger partial charge on any atom is -0.476 e. The van der Waals surface area contributed by atoms with Gasteiger partial charge in [0.25, 0.3) is 0 Å². The molecule has 0 saturated heterocycles. The Morgan fingerprint density at radius 3 is 2.67 bits per heavy atom. The molecule has 0 fully saturated rings. The summed E-state index contributed by atoms with van der Waals surface area (Å²) in [5.74, 6) is 0.589. The Hall–Kier alpha value is -1.94. The van der Waals surface area contributed by atoms with Gasteiger partial charge in [-0.25, -0.2) is 0 Å². The molecule has 0 aliphatic heterocycles. The van der Waals surface area contributed by atoms with Gasteiger partial charge in [0.05, 0.1) is 12.8 Å². The number of hydrogen-bond donors (Lipinski definition) is 1. The molecule has 0 aliphatic rings. The molecule has 2 aromatic rings. The van der Waals surface area contributed by atoms with E-state index in [-0.39, 0.29) is 5.41 Å². The third-order valence-corrected chi connectivity index (χ3v) is 3.16. The zero-order valence-corrected chi connectivity index (χ0v) is 13.0. The molecule has 21 heavy (non-hydrogen) atoms. The van der Waals surface area contributed by atoms with Crippen molar-refractivity contribution >= 4 is 0 Å². The Balaban J connectivity index is 1.76. The van der Waals surface area contributed by atoms with Gasteiger partial charge in [0.15, 0.2) is 0 Å². The summed E-state index contributed by atoms with van der Waals surface area (Å²) in [7, 11) is 0. The van der Waals surface area contributed by atoms with Crippen molar-refractivity contribution in [3.8, 4) is 5.88 Å². The number of benzene rings is 1. The number of nitrogens with zero attached hydrogens (tertiary/aromatic N) is 2. The molecule has 0 amide bonds. The number of hydrogen-bond acceptors (Lipinski definition) is 4. The van der Waals surface area contributed by atoms with Crippen LogP contribution in [0.5, 0.6) is 5.88 Å². The Kier molecular flexibility index (Phi) is 5.28. The van der Waals surface area contributed by atoms with Crippen LogP contribution in [0.3, 0.4) is 0 Å². The van der Waals surface area contributed by atoms with Crippen LogP contribution in [-0.4, -0.2) is 23.3 Å². The van der Waals surface area contributed by atoms with Crippen LogP contribution < -0.4 is 10.1 Å². The molecule has 112 valence electrons. The summed E-state index contributed by atoms with van der Waals surface area (Å²) in [5.41, 5.74) is 2.37. The lowest BCUT2D eigenvalue weighted by molar-refractivity contribution is 0.169. The van der Waals surface area contributed by atoms with Crippen molar-refractivity contribution in [2.75, 3.05) is 13.2 Å². The van der Waals surface area contributed by atoms with Crippen LogP contribution in [0.25, 0.3) is 0 Å². The van der Waals surface area contributed by atoms with Crippen molar-refractivity contribution in [3.63, 3.8) is 0 Å². The van der Waals surface area contributed by atoms with Crippen molar-refractivity contribution in [1.82, 2.24) is 15.5 Å². The van der Waals surface area contributed by atoms with Crippen LogP contribution in [0.15, 0.2) is 42.6 Å². The molecule has 1 N–H and O–H groups in total. The Morgan fingerprint density at radius 1 is 1.19 bits per heavy atom. The lowest BCUT2D eigenvalue weighted by Crippen LogP contribution is -2.34. The van der Waals surface area contributed by atoms with Gasteiger partial charge in [-0.3, -0.25) is 0 Å². The van der Waals surface area contributed by atoms with Crippen LogP contribution in [0, 0.1) is 12.3 Å². The number of aromatic nitrogens is 2. The smallest absolute Gasteiger partial charge is 0.233 e. The quantitative estimate of drug-likeness (QED) is 0.849. The van der Waals surface area contributed by atoms with E-state index in [9.17, 15) is 0 Å². The van der Waals surface area contributed by atoms with Crippen molar-refractivity contribution in [2.24, 2.45) is 5.41 Å². The van der Waals surface area contributed by atoms with E-state index in [1.807, 2.05) is 19.1 Å². The molecule has 0 radical (unpaired) electrons. The molecule has 1 aromatic heterocycles. The molecule has 0 bridgehead atoms. The summed E-state index contributed by atoms with van der Waals surface area (Å²) in [6, 6.07) is 12.3. The van der Waals surface area contributed by atoms with Crippen LogP contribution in [0.4, 0.5) is 0 Å². The fourth-order valence-corrected chi connectivity index (χ4v) is 1.97. The van der Waals surface area contributed by atoms with Crippen LogP contribution in [-0.2, 0) is 6.54 Å². The van der Waals surface area contributed by atoms with E-state index in [1.165, 1.54) is 5.56 Å². The summed E-state index contributed by atoms with van der Waals surface area (Å²) in [6.45, 7) is 8.68. The molecule has 0 unspecified atom stereocenters. The summed E-state index contributed by atoms with van der Waals surface area (Å²) in [4.78, 5) is 0. The van der Waals surface area contributed by atoms with Crippen LogP contribution in [0.2, 0.25) is 0 Å². The first-order valence-electron chi connectivity index (χ1n) is 7.22. The van der Waals surface area contributed by atoms with Crippen molar-refractivity contribution in [2.45, 2.75) is 27.3 Å². The molecule has 4 heteroatoms. The lowest BCUT2D eigenvalue weighted by atomic mass is 9.95. The number of ether oxygens (including phenoxy) is 1. The molecule has 0 aliphatic carbocycles. The number of rotatable bonds is 7. The van der Waals surface area contributed by atoms with Gasteiger partial charge in [-0.1, -0.05) is 44.2 Å². The van der Waals surface area contributed by atoms with Gasteiger partial charge in [-0.05, 0) is 18.1 Å². The van der Waals surface area contributed by atoms with Gasteiger partial charge in [-0.2, -0.15) is 5.10 Å². The first kappa shape index (κ1) is 15.4. The lowest BCUT2D eigenvalue weighted by Gasteiger charge is -2.24. The first-order chi connectivity index (χ1) is 10.1. The maximum Gasteiger partial charge on any atom is 0.233 e. The fourth-order valence-electron chi connectivity index (χ4n) is 1.97. The zero-order valence-electron chi connectivity index (χ0n) is 13.0. The van der Waals surface area contributed by atoms with Gasteiger partial charge < -0.3 is 10.1 Å². The highest BCUT2D eigenvalue weighted by Gasteiger charge is 2.19. The number of nitrogens with one attached hydrogen (secondary N) is 1. The minimum atomic E-state index is 0.0280. The molecular weight excluding hydrogens is 262 g/mol. The molecule has 0 spiro atoms. The molecule has 0 atom stereocenters. The summed E-state index contributed by atoms with van der Waals surface area (Å²) in [5, 5.41) is 11.3. The predicted molar refractivity (Wildman–Crippen MR) is 84.2 cm³/mol. The third kappa shape index (κ3) is 5.52. The Bertz CT molecular complexity index is 555. The fraction of sp³-hybridized carbons (Fsp3) is 0.412. The normalized spacial score (nSPS) is 11.4. The van der Waals surface area contributed by atoms with E-state index in [4.69, 9.17) is 4.74 Å². The van der Waals surface area contributed by atoms with Crippen molar-refractivity contribution in [3.05, 3.63) is 53.7 Å². The monoisotopic (exact) mass is 285 g/mol. The highest BCUT2D eigenvalue weighted by atomic mass is 16.5. The van der Waals surface area contributed by atoms with E-state index in [0.717, 1.165) is 18.7 Å². The highest BCUT2D eigenvalue weighted by Crippen LogP contribution is 2.16.